The lowest BCUT2D eigenvalue weighted by Gasteiger charge is -2.19. The lowest BCUT2D eigenvalue weighted by molar-refractivity contribution is 0.0783. The van der Waals surface area contributed by atoms with Gasteiger partial charge in [-0.25, -0.2) is 8.78 Å². The summed E-state index contributed by atoms with van der Waals surface area (Å²) in [6, 6.07) is 8.16. The predicted octanol–water partition coefficient (Wildman–Crippen LogP) is 4.03. The van der Waals surface area contributed by atoms with Crippen molar-refractivity contribution in [2.24, 2.45) is 0 Å². The van der Waals surface area contributed by atoms with Crippen molar-refractivity contribution in [2.45, 2.75) is 26.5 Å². The molecule has 0 fully saturated rings. The van der Waals surface area contributed by atoms with Crippen LogP contribution in [0.2, 0.25) is 0 Å². The molecule has 0 spiro atoms. The predicted molar refractivity (Wildman–Crippen MR) is 90.9 cm³/mol. The van der Waals surface area contributed by atoms with Crippen LogP contribution in [0.4, 0.5) is 8.78 Å². The number of carbonyl (C=O) groups is 1. The average molecular weight is 349 g/mol. The minimum atomic E-state index is -0.682. The van der Waals surface area contributed by atoms with Crippen LogP contribution in [-0.4, -0.2) is 31.1 Å². The smallest absolute Gasteiger partial charge is 0.254 e. The van der Waals surface area contributed by atoms with Crippen molar-refractivity contribution in [1.29, 1.82) is 0 Å². The highest BCUT2D eigenvalue weighted by Gasteiger charge is 2.17. The Morgan fingerprint density at radius 2 is 1.84 bits per heavy atom. The quantitative estimate of drug-likeness (QED) is 0.790. The van der Waals surface area contributed by atoms with Crippen molar-refractivity contribution in [3.8, 4) is 11.5 Å². The van der Waals surface area contributed by atoms with Gasteiger partial charge in [-0.3, -0.25) is 4.79 Å². The van der Waals surface area contributed by atoms with E-state index in [1.54, 1.807) is 25.2 Å². The number of rotatable bonds is 6. The van der Waals surface area contributed by atoms with Gasteiger partial charge < -0.3 is 14.4 Å². The van der Waals surface area contributed by atoms with Crippen molar-refractivity contribution in [1.82, 2.24) is 4.90 Å². The van der Waals surface area contributed by atoms with Crippen LogP contribution in [0, 0.1) is 11.6 Å². The third kappa shape index (κ3) is 4.68. The van der Waals surface area contributed by atoms with Gasteiger partial charge in [0.05, 0.1) is 13.2 Å². The van der Waals surface area contributed by atoms with Crippen LogP contribution in [0.5, 0.6) is 11.5 Å². The van der Waals surface area contributed by atoms with Gasteiger partial charge in [0.15, 0.2) is 11.5 Å². The summed E-state index contributed by atoms with van der Waals surface area (Å²) < 4.78 is 37.6. The number of methoxy groups -OCH3 is 1. The van der Waals surface area contributed by atoms with E-state index in [0.29, 0.717) is 17.1 Å². The van der Waals surface area contributed by atoms with Crippen LogP contribution < -0.4 is 9.47 Å². The molecule has 0 aliphatic carbocycles. The second kappa shape index (κ2) is 7.96. The van der Waals surface area contributed by atoms with Crippen molar-refractivity contribution >= 4 is 5.91 Å². The first-order chi connectivity index (χ1) is 11.8. The van der Waals surface area contributed by atoms with Crippen molar-refractivity contribution in [2.75, 3.05) is 14.2 Å². The topological polar surface area (TPSA) is 38.8 Å². The summed E-state index contributed by atoms with van der Waals surface area (Å²) in [4.78, 5) is 13.9. The number of carbonyl (C=O) groups excluding carboxylic acids is 1. The van der Waals surface area contributed by atoms with Gasteiger partial charge in [0.2, 0.25) is 0 Å². The van der Waals surface area contributed by atoms with Crippen LogP contribution in [0.15, 0.2) is 36.4 Å². The molecule has 2 aromatic rings. The lowest BCUT2D eigenvalue weighted by atomic mass is 10.1. The first kappa shape index (κ1) is 18.7. The minimum absolute atomic E-state index is 0.0253. The summed E-state index contributed by atoms with van der Waals surface area (Å²) in [5, 5.41) is 0. The number of benzene rings is 2. The van der Waals surface area contributed by atoms with Gasteiger partial charge in [-0.2, -0.15) is 0 Å². The van der Waals surface area contributed by atoms with E-state index in [-0.39, 0.29) is 24.1 Å². The zero-order chi connectivity index (χ0) is 18.6. The molecule has 134 valence electrons. The maximum absolute atomic E-state index is 13.8. The fourth-order valence-corrected chi connectivity index (χ4v) is 2.35. The van der Waals surface area contributed by atoms with E-state index >= 15 is 0 Å². The lowest BCUT2D eigenvalue weighted by Crippen LogP contribution is -2.26. The molecule has 1 amide bonds. The Bertz CT molecular complexity index is 762. The summed E-state index contributed by atoms with van der Waals surface area (Å²) in [5.41, 5.74) is 0.627. The molecule has 0 unspecified atom stereocenters. The Morgan fingerprint density at radius 3 is 2.44 bits per heavy atom. The van der Waals surface area contributed by atoms with Gasteiger partial charge in [0, 0.05) is 30.8 Å². The Balaban J connectivity index is 2.18. The van der Waals surface area contributed by atoms with Crippen LogP contribution in [-0.2, 0) is 6.54 Å². The maximum atomic E-state index is 13.8. The molecule has 0 aliphatic heterocycles. The number of nitrogens with zero attached hydrogens (tertiary/aromatic N) is 1. The zero-order valence-corrected chi connectivity index (χ0v) is 14.7. The van der Waals surface area contributed by atoms with Gasteiger partial charge in [-0.15, -0.1) is 0 Å². The molecule has 2 rings (SSSR count). The molecular formula is C19H21F2NO3. The van der Waals surface area contributed by atoms with E-state index < -0.39 is 11.6 Å². The largest absolute Gasteiger partial charge is 0.493 e. The van der Waals surface area contributed by atoms with Crippen molar-refractivity contribution < 1.29 is 23.0 Å². The summed E-state index contributed by atoms with van der Waals surface area (Å²) in [7, 11) is 3.05. The molecule has 0 saturated heterocycles. The highest BCUT2D eigenvalue weighted by atomic mass is 19.1. The van der Waals surface area contributed by atoms with E-state index in [0.717, 1.165) is 12.1 Å². The fraction of sp³-hybridized carbons (Fsp3) is 0.316. The third-order valence-corrected chi connectivity index (χ3v) is 3.54. The van der Waals surface area contributed by atoms with Gasteiger partial charge in [-0.1, -0.05) is 6.07 Å². The van der Waals surface area contributed by atoms with E-state index in [2.05, 4.69) is 0 Å². The van der Waals surface area contributed by atoms with Gasteiger partial charge in [0.1, 0.15) is 11.6 Å². The van der Waals surface area contributed by atoms with Gasteiger partial charge >= 0.3 is 0 Å². The molecular weight excluding hydrogens is 328 g/mol. The zero-order valence-electron chi connectivity index (χ0n) is 14.7. The standard InChI is InChI=1S/C19H21F2NO3/c1-12(2)25-17-8-6-13(9-18(17)24-4)19(23)22(3)11-14-5-7-15(20)10-16(14)21/h5-10,12H,11H2,1-4H3. The van der Waals surface area contributed by atoms with E-state index in [9.17, 15) is 13.6 Å². The molecule has 0 heterocycles. The minimum Gasteiger partial charge on any atom is -0.493 e. The first-order valence-corrected chi connectivity index (χ1v) is 7.86. The molecule has 0 aromatic heterocycles. The average Bonchev–Trinajstić information content (AvgIpc) is 2.56. The number of hydrogen-bond acceptors (Lipinski definition) is 3. The molecule has 0 saturated carbocycles. The van der Waals surface area contributed by atoms with E-state index in [1.165, 1.54) is 18.1 Å². The van der Waals surface area contributed by atoms with E-state index in [4.69, 9.17) is 9.47 Å². The highest BCUT2D eigenvalue weighted by molar-refractivity contribution is 5.94. The monoisotopic (exact) mass is 349 g/mol. The Labute approximate surface area is 146 Å². The summed E-state index contributed by atoms with van der Waals surface area (Å²) >= 11 is 0. The van der Waals surface area contributed by atoms with Crippen LogP contribution in [0.3, 0.4) is 0 Å². The first-order valence-electron chi connectivity index (χ1n) is 7.86. The Hall–Kier alpha value is -2.63. The molecule has 2 aromatic carbocycles. The summed E-state index contributed by atoms with van der Waals surface area (Å²) in [6.45, 7) is 3.81. The summed E-state index contributed by atoms with van der Waals surface area (Å²) in [6.07, 6.45) is -0.0282. The van der Waals surface area contributed by atoms with Crippen LogP contribution in [0.1, 0.15) is 29.8 Å². The molecule has 25 heavy (non-hydrogen) atoms. The normalized spacial score (nSPS) is 10.7. The second-order valence-corrected chi connectivity index (χ2v) is 5.93. The summed E-state index contributed by atoms with van der Waals surface area (Å²) in [5.74, 6) is -0.654. The molecule has 0 radical (unpaired) electrons. The van der Waals surface area contributed by atoms with Gasteiger partial charge in [-0.05, 0) is 38.1 Å². The van der Waals surface area contributed by atoms with Crippen LogP contribution >= 0.6 is 0 Å². The fourth-order valence-electron chi connectivity index (χ4n) is 2.35. The molecule has 0 atom stereocenters. The maximum Gasteiger partial charge on any atom is 0.254 e. The number of amides is 1. The molecule has 0 aliphatic rings. The van der Waals surface area contributed by atoms with Crippen molar-refractivity contribution in [3.63, 3.8) is 0 Å². The molecule has 0 bridgehead atoms. The molecule has 4 nitrogen and oxygen atoms in total. The molecule has 6 heteroatoms. The van der Waals surface area contributed by atoms with Crippen molar-refractivity contribution in [3.05, 3.63) is 59.2 Å². The van der Waals surface area contributed by atoms with E-state index in [1.807, 2.05) is 13.8 Å². The number of ether oxygens (including phenoxy) is 2. The van der Waals surface area contributed by atoms with Crippen LogP contribution in [0.25, 0.3) is 0 Å². The third-order valence-electron chi connectivity index (χ3n) is 3.54. The Kier molecular flexibility index (Phi) is 5.96. The second-order valence-electron chi connectivity index (χ2n) is 5.93. The number of halogens is 2. The Morgan fingerprint density at radius 1 is 1.12 bits per heavy atom. The SMILES string of the molecule is COc1cc(C(=O)N(C)Cc2ccc(F)cc2F)ccc1OC(C)C. The van der Waals surface area contributed by atoms with Gasteiger partial charge in [0.25, 0.3) is 5.91 Å². The highest BCUT2D eigenvalue weighted by Crippen LogP contribution is 2.29. The molecule has 0 N–H and O–H groups in total. The number of hydrogen-bond donors (Lipinski definition) is 0.